The number of aromatic nitrogens is 2. The van der Waals surface area contributed by atoms with Crippen molar-refractivity contribution in [1.29, 1.82) is 0 Å². The molecule has 22 nitrogen and oxygen atoms in total. The molecule has 2 aromatic heterocycles. The second-order valence-corrected chi connectivity index (χ2v) is 33.4. The predicted molar refractivity (Wildman–Crippen MR) is 370 cm³/mol. The van der Waals surface area contributed by atoms with Crippen LogP contribution in [0.25, 0.3) is 0 Å². The Labute approximate surface area is 580 Å². The van der Waals surface area contributed by atoms with Crippen molar-refractivity contribution in [2.75, 3.05) is 13.1 Å². The first-order chi connectivity index (χ1) is 46.3. The Bertz CT molecular complexity index is 2970. The highest BCUT2D eigenvalue weighted by molar-refractivity contribution is 6.00. The summed E-state index contributed by atoms with van der Waals surface area (Å²) in [5.41, 5.74) is -1.30. The largest absolute Gasteiger partial charge is 0.383 e. The number of aliphatic hydroxyl groups excluding tert-OH is 2. The summed E-state index contributed by atoms with van der Waals surface area (Å²) in [4.78, 5) is 149. The zero-order chi connectivity index (χ0) is 71.3. The van der Waals surface area contributed by atoms with Crippen molar-refractivity contribution >= 4 is 58.8 Å². The number of Topliss-reactive ketones (excluding diaryl/α,β-unsaturated/α-hetero) is 2. The highest BCUT2D eigenvalue weighted by Crippen LogP contribution is 2.66. The Hall–Kier alpha value is -6.68. The molecule has 10 rings (SSSR count). The van der Waals surface area contributed by atoms with Gasteiger partial charge in [-0.3, -0.25) is 57.9 Å². The maximum atomic E-state index is 14.6. The number of pyridine rings is 2. The topological polar surface area (TPSA) is 316 Å². The molecule has 2 aromatic rings. The maximum Gasteiger partial charge on any atom is 0.270 e. The predicted octanol–water partition coefficient (Wildman–Crippen LogP) is 7.58. The number of ketones is 2. The lowest BCUT2D eigenvalue weighted by atomic mass is 9.82. The Morgan fingerprint density at radius 3 is 1.14 bits per heavy atom. The monoisotopic (exact) mass is 1360 g/mol. The Balaban J connectivity index is 0.000000229. The van der Waals surface area contributed by atoms with E-state index in [1.807, 2.05) is 55.4 Å². The summed E-state index contributed by atoms with van der Waals surface area (Å²) in [7, 11) is 0. The molecule has 0 radical (unpaired) electrons. The zero-order valence-electron chi connectivity index (χ0n) is 60.3. The van der Waals surface area contributed by atoms with Gasteiger partial charge in [-0.1, -0.05) is 147 Å². The van der Waals surface area contributed by atoms with Crippen LogP contribution in [0.15, 0.2) is 48.8 Å². The van der Waals surface area contributed by atoms with Gasteiger partial charge in [-0.15, -0.1) is 0 Å². The van der Waals surface area contributed by atoms with Gasteiger partial charge < -0.3 is 51.9 Å². The van der Waals surface area contributed by atoms with E-state index in [4.69, 9.17) is 0 Å². The molecule has 8 N–H and O–H groups in total. The van der Waals surface area contributed by atoms with Gasteiger partial charge in [0.1, 0.15) is 59.8 Å². The van der Waals surface area contributed by atoms with E-state index in [1.165, 1.54) is 12.4 Å². The molecule has 6 aliphatic carbocycles. The quantitative estimate of drug-likeness (QED) is 0.0407. The molecule has 2 saturated heterocycles. The number of nitrogens with zero attached hydrogens (tertiary/aromatic N) is 4. The third-order valence-corrected chi connectivity index (χ3v) is 23.1. The molecule has 14 atom stereocenters. The average Bonchev–Trinajstić information content (AvgIpc) is 1.53. The maximum absolute atomic E-state index is 14.6. The van der Waals surface area contributed by atoms with Crippen LogP contribution < -0.4 is 31.9 Å². The van der Waals surface area contributed by atoms with Crippen molar-refractivity contribution in [2.24, 2.45) is 69.0 Å². The molecule has 0 bridgehead atoms. The molecule has 2 unspecified atom stereocenters. The van der Waals surface area contributed by atoms with Gasteiger partial charge in [-0.25, -0.2) is 0 Å². The SMILES string of the molecule is CCC[C@H](NC(=O)[C@@H]1[C@@H]2[C@H](CN1C(=O)[C@@H](NC(=O)[C@@H](NC(=O)c1ccccn1)C1CCCCC1)C(C)(C)C)C2(C)C)C(O)C(=O)CC1CC1.CCC[C@H](NC(=O)[C@@H]1[C@@H]2[C@H](CN1C(=O)[C@@H](NC(=O)[C@@H](NC(=O)c1ccccn1)C1CCCCC1)C(C)(C)C)C2(C)C)C(O)C(=O)CC1CC1. The second kappa shape index (κ2) is 31.5. The van der Waals surface area contributed by atoms with Gasteiger partial charge in [0.15, 0.2) is 11.6 Å². The molecule has 4 heterocycles. The first-order valence-electron chi connectivity index (χ1n) is 37.0. The molecule has 540 valence electrons. The number of likely N-dealkylation sites (tertiary alicyclic amines) is 2. The standard InChI is InChI=1S/2C38H57N5O6/c2*1-7-13-25(31(45)27(44)20-22-17-18-22)40-35(48)30-28-24(38(28,5)6)21-43(30)36(49)32(37(2,3)4)42-34(47)29(23-14-9-8-10-15-23)41-33(46)26-16-11-12-19-39-26/h2*11-12,16,19,22-25,28-32,45H,7-10,13-15,17-18,20-21H2,1-6H3,(H,40,48)(H,41,46)(H,42,47)/t2*24-,25-,28-,29-,30-,31?,32+/m00/s1. The number of rotatable bonds is 28. The van der Waals surface area contributed by atoms with Gasteiger partial charge in [0, 0.05) is 38.3 Å². The van der Waals surface area contributed by atoms with E-state index in [0.29, 0.717) is 63.5 Å². The van der Waals surface area contributed by atoms with E-state index >= 15 is 0 Å². The smallest absolute Gasteiger partial charge is 0.270 e. The third kappa shape index (κ3) is 17.9. The van der Waals surface area contributed by atoms with E-state index < -0.39 is 95.0 Å². The fourth-order valence-corrected chi connectivity index (χ4v) is 16.6. The van der Waals surface area contributed by atoms with Gasteiger partial charge in [0.25, 0.3) is 11.8 Å². The summed E-state index contributed by atoms with van der Waals surface area (Å²) < 4.78 is 0. The molecule has 0 aromatic carbocycles. The van der Waals surface area contributed by atoms with E-state index in [0.717, 1.165) is 89.9 Å². The summed E-state index contributed by atoms with van der Waals surface area (Å²) in [6.45, 7) is 24.3. The fourth-order valence-electron chi connectivity index (χ4n) is 16.6. The van der Waals surface area contributed by atoms with Crippen molar-refractivity contribution in [3.63, 3.8) is 0 Å². The first kappa shape index (κ1) is 75.5. The number of amides is 8. The van der Waals surface area contributed by atoms with Crippen LogP contribution in [-0.2, 0) is 38.4 Å². The van der Waals surface area contributed by atoms with E-state index in [2.05, 4.69) is 69.6 Å². The third-order valence-electron chi connectivity index (χ3n) is 23.1. The van der Waals surface area contributed by atoms with E-state index in [1.54, 1.807) is 46.2 Å². The van der Waals surface area contributed by atoms with Gasteiger partial charge in [0.05, 0.1) is 12.1 Å². The Morgan fingerprint density at radius 1 is 0.500 bits per heavy atom. The van der Waals surface area contributed by atoms with Crippen LogP contribution in [0.1, 0.15) is 232 Å². The van der Waals surface area contributed by atoms with Crippen LogP contribution >= 0.6 is 0 Å². The molecule has 0 spiro atoms. The van der Waals surface area contributed by atoms with Gasteiger partial charge in [-0.2, -0.15) is 0 Å². The summed E-state index contributed by atoms with van der Waals surface area (Å²) in [6.07, 6.45) is 16.4. The lowest BCUT2D eigenvalue weighted by Crippen LogP contribution is -2.63. The number of nitrogens with one attached hydrogen (secondary N) is 6. The van der Waals surface area contributed by atoms with Gasteiger partial charge in [0.2, 0.25) is 35.4 Å². The normalized spacial score (nSPS) is 25.7. The fraction of sp³-hybridized carbons (Fsp3) is 0.737. The van der Waals surface area contributed by atoms with Crippen molar-refractivity contribution in [3.05, 3.63) is 60.2 Å². The lowest BCUT2D eigenvalue weighted by Gasteiger charge is -2.39. The van der Waals surface area contributed by atoms with Crippen LogP contribution in [0.2, 0.25) is 0 Å². The molecule has 22 heteroatoms. The summed E-state index contributed by atoms with van der Waals surface area (Å²) in [5, 5.41) is 39.9. The highest BCUT2D eigenvalue weighted by atomic mass is 16.3. The van der Waals surface area contributed by atoms with Crippen LogP contribution in [0, 0.1) is 69.0 Å². The van der Waals surface area contributed by atoms with Crippen LogP contribution in [0.3, 0.4) is 0 Å². The molecule has 8 fully saturated rings. The number of piperidine rings is 2. The van der Waals surface area contributed by atoms with Crippen molar-refractivity contribution in [1.82, 2.24) is 51.7 Å². The van der Waals surface area contributed by atoms with Crippen molar-refractivity contribution in [3.8, 4) is 0 Å². The number of hydrogen-bond acceptors (Lipinski definition) is 14. The Kier molecular flexibility index (Phi) is 24.3. The molecular weight excluding hydrogens is 1240 g/mol. The molecule has 2 aliphatic heterocycles. The number of hydrogen-bond donors (Lipinski definition) is 8. The van der Waals surface area contributed by atoms with Crippen molar-refractivity contribution < 1.29 is 58.2 Å². The molecule has 8 aliphatic rings. The summed E-state index contributed by atoms with van der Waals surface area (Å²) >= 11 is 0. The van der Waals surface area contributed by atoms with Gasteiger partial charge >= 0.3 is 0 Å². The number of carbonyl (C=O) groups excluding carboxylic acids is 10. The van der Waals surface area contributed by atoms with Crippen LogP contribution in [-0.4, -0.2) is 162 Å². The molecule has 8 amide bonds. The number of carbonyl (C=O) groups is 10. The van der Waals surface area contributed by atoms with Crippen molar-refractivity contribution in [2.45, 2.75) is 272 Å². The number of aliphatic hydroxyl groups is 2. The lowest BCUT2D eigenvalue weighted by molar-refractivity contribution is -0.146. The first-order valence-corrected chi connectivity index (χ1v) is 37.0. The second-order valence-electron chi connectivity index (χ2n) is 33.4. The minimum atomic E-state index is -1.29. The van der Waals surface area contributed by atoms with Gasteiger partial charge in [-0.05, 0) is 157 Å². The molecule has 6 saturated carbocycles. The summed E-state index contributed by atoms with van der Waals surface area (Å²) in [5.74, 6) is -3.12. The zero-order valence-corrected chi connectivity index (χ0v) is 60.3. The molecular formula is C76H114N10O12. The van der Waals surface area contributed by atoms with Crippen LogP contribution in [0.5, 0.6) is 0 Å². The van der Waals surface area contributed by atoms with E-state index in [-0.39, 0.29) is 92.9 Å². The minimum absolute atomic E-state index is 0.0815. The Morgan fingerprint density at radius 2 is 0.847 bits per heavy atom. The summed E-state index contributed by atoms with van der Waals surface area (Å²) in [6, 6.07) is 3.40. The number of fused-ring (bicyclic) bond motifs is 2. The highest BCUT2D eigenvalue weighted by Gasteiger charge is 2.71. The minimum Gasteiger partial charge on any atom is -0.383 e. The average molecular weight is 1360 g/mol. The molecule has 98 heavy (non-hydrogen) atoms. The van der Waals surface area contributed by atoms with Crippen LogP contribution in [0.4, 0.5) is 0 Å². The van der Waals surface area contributed by atoms with E-state index in [9.17, 15) is 58.2 Å².